The molecule has 2 aliphatic rings. The third kappa shape index (κ3) is 4.50. The lowest BCUT2D eigenvalue weighted by atomic mass is 9.93. The van der Waals surface area contributed by atoms with Crippen molar-refractivity contribution < 1.29 is 23.1 Å². The van der Waals surface area contributed by atoms with Gasteiger partial charge in [-0.3, -0.25) is 9.59 Å². The summed E-state index contributed by atoms with van der Waals surface area (Å²) in [6.07, 6.45) is 3.59. The summed E-state index contributed by atoms with van der Waals surface area (Å²) in [7, 11) is -3.70. The molecule has 0 radical (unpaired) electrons. The number of piperidine rings is 1. The minimum Gasteiger partial charge on any atom is -0.481 e. The van der Waals surface area contributed by atoms with Crippen LogP contribution in [0.25, 0.3) is 0 Å². The van der Waals surface area contributed by atoms with Crippen LogP contribution in [0.1, 0.15) is 38.5 Å². The summed E-state index contributed by atoms with van der Waals surface area (Å²) in [6.45, 7) is 1.48. The monoisotopic (exact) mass is 394 g/mol. The van der Waals surface area contributed by atoms with E-state index < -0.39 is 22.0 Å². The van der Waals surface area contributed by atoms with E-state index in [0.29, 0.717) is 38.9 Å². The summed E-state index contributed by atoms with van der Waals surface area (Å²) in [5.41, 5.74) is 0. The molecule has 2 saturated heterocycles. The number of sulfonamides is 1. The van der Waals surface area contributed by atoms with Crippen molar-refractivity contribution in [2.45, 2.75) is 49.5 Å². The summed E-state index contributed by atoms with van der Waals surface area (Å²) in [5.74, 6) is -0.805. The number of carbonyl (C=O) groups excluding carboxylic acids is 1. The van der Waals surface area contributed by atoms with Crippen LogP contribution in [0.5, 0.6) is 0 Å². The average Bonchev–Trinajstić information content (AvgIpc) is 3.17. The fourth-order valence-electron chi connectivity index (χ4n) is 4.04. The van der Waals surface area contributed by atoms with Crippen LogP contribution in [0.15, 0.2) is 35.2 Å². The topological polar surface area (TPSA) is 95.0 Å². The van der Waals surface area contributed by atoms with Crippen LogP contribution in [-0.2, 0) is 19.6 Å². The second kappa shape index (κ2) is 8.39. The molecule has 2 heterocycles. The Kier molecular flexibility index (Phi) is 6.16. The number of aliphatic carboxylic acids is 1. The maximum atomic E-state index is 13.1. The SMILES string of the molecule is O=C(O)CCC1CCCN(C(=O)C2CCCN2S(=O)(=O)c2ccccc2)C1. The molecule has 2 unspecified atom stereocenters. The highest BCUT2D eigenvalue weighted by Crippen LogP contribution is 2.29. The van der Waals surface area contributed by atoms with Crippen molar-refractivity contribution >= 4 is 21.9 Å². The Morgan fingerprint density at radius 1 is 1.07 bits per heavy atom. The van der Waals surface area contributed by atoms with Crippen LogP contribution >= 0.6 is 0 Å². The molecule has 0 saturated carbocycles. The lowest BCUT2D eigenvalue weighted by Gasteiger charge is -2.36. The largest absolute Gasteiger partial charge is 0.481 e. The summed E-state index contributed by atoms with van der Waals surface area (Å²) in [5, 5.41) is 8.87. The molecule has 27 heavy (non-hydrogen) atoms. The molecule has 2 aliphatic heterocycles. The Hall–Kier alpha value is -1.93. The Morgan fingerprint density at radius 3 is 2.48 bits per heavy atom. The number of benzene rings is 1. The Labute approximate surface area is 160 Å². The normalized spacial score (nSPS) is 24.1. The smallest absolute Gasteiger partial charge is 0.303 e. The summed E-state index contributed by atoms with van der Waals surface area (Å²) >= 11 is 0. The first-order valence-corrected chi connectivity index (χ1v) is 10.9. The Balaban J connectivity index is 1.71. The van der Waals surface area contributed by atoms with E-state index in [0.717, 1.165) is 12.8 Å². The molecule has 0 aromatic heterocycles. The Bertz CT molecular complexity index is 781. The molecule has 1 amide bonds. The number of hydrogen-bond donors (Lipinski definition) is 1. The minimum absolute atomic E-state index is 0.102. The number of carboxylic acid groups (broad SMARTS) is 1. The quantitative estimate of drug-likeness (QED) is 0.796. The van der Waals surface area contributed by atoms with Gasteiger partial charge in [0.15, 0.2) is 0 Å². The third-order valence-electron chi connectivity index (χ3n) is 5.44. The molecular formula is C19H26N2O5S. The van der Waals surface area contributed by atoms with Gasteiger partial charge in [-0.15, -0.1) is 0 Å². The van der Waals surface area contributed by atoms with Crippen molar-refractivity contribution in [3.8, 4) is 0 Å². The molecule has 0 aliphatic carbocycles. The number of amides is 1. The van der Waals surface area contributed by atoms with Crippen LogP contribution in [0.4, 0.5) is 0 Å². The van der Waals surface area contributed by atoms with E-state index in [1.54, 1.807) is 35.2 Å². The summed E-state index contributed by atoms with van der Waals surface area (Å²) in [6, 6.07) is 7.56. The predicted molar refractivity (Wildman–Crippen MR) is 99.5 cm³/mol. The van der Waals surface area contributed by atoms with E-state index >= 15 is 0 Å². The maximum Gasteiger partial charge on any atom is 0.303 e. The number of carbonyl (C=O) groups is 2. The highest BCUT2D eigenvalue weighted by molar-refractivity contribution is 7.89. The zero-order chi connectivity index (χ0) is 19.4. The van der Waals surface area contributed by atoms with E-state index in [1.807, 2.05) is 0 Å². The standard InChI is InChI=1S/C19H26N2O5S/c22-18(23)11-10-15-6-4-12-20(14-15)19(24)17-9-5-13-21(17)27(25,26)16-7-2-1-3-8-16/h1-3,7-8,15,17H,4-6,9-14H2,(H,22,23). The average molecular weight is 394 g/mol. The minimum atomic E-state index is -3.70. The second-order valence-electron chi connectivity index (χ2n) is 7.31. The van der Waals surface area contributed by atoms with Gasteiger partial charge in [-0.1, -0.05) is 18.2 Å². The molecule has 1 aromatic rings. The maximum absolute atomic E-state index is 13.1. The molecule has 0 spiro atoms. The molecule has 7 nitrogen and oxygen atoms in total. The van der Waals surface area contributed by atoms with Crippen LogP contribution in [-0.4, -0.2) is 60.3 Å². The lowest BCUT2D eigenvalue weighted by molar-refractivity contribution is -0.137. The van der Waals surface area contributed by atoms with E-state index in [-0.39, 0.29) is 23.1 Å². The van der Waals surface area contributed by atoms with Crippen molar-refractivity contribution in [1.82, 2.24) is 9.21 Å². The third-order valence-corrected chi connectivity index (χ3v) is 7.36. The lowest BCUT2D eigenvalue weighted by Crippen LogP contribution is -2.50. The molecule has 2 fully saturated rings. The number of likely N-dealkylation sites (tertiary alicyclic amines) is 1. The van der Waals surface area contributed by atoms with Crippen LogP contribution in [0.3, 0.4) is 0 Å². The van der Waals surface area contributed by atoms with Crippen molar-refractivity contribution in [1.29, 1.82) is 0 Å². The highest BCUT2D eigenvalue weighted by atomic mass is 32.2. The second-order valence-corrected chi connectivity index (χ2v) is 9.20. The van der Waals surface area contributed by atoms with Gasteiger partial charge in [-0.2, -0.15) is 4.31 Å². The summed E-state index contributed by atoms with van der Waals surface area (Å²) < 4.78 is 27.3. The predicted octanol–water partition coefficient (Wildman–Crippen LogP) is 1.94. The first-order valence-electron chi connectivity index (χ1n) is 9.47. The fourth-order valence-corrected chi connectivity index (χ4v) is 5.71. The zero-order valence-electron chi connectivity index (χ0n) is 15.3. The van der Waals surface area contributed by atoms with Gasteiger partial charge >= 0.3 is 5.97 Å². The summed E-state index contributed by atoms with van der Waals surface area (Å²) in [4.78, 5) is 25.8. The van der Waals surface area contributed by atoms with Crippen molar-refractivity contribution in [3.63, 3.8) is 0 Å². The van der Waals surface area contributed by atoms with Crippen LogP contribution in [0.2, 0.25) is 0 Å². The van der Waals surface area contributed by atoms with Crippen molar-refractivity contribution in [2.75, 3.05) is 19.6 Å². The zero-order valence-corrected chi connectivity index (χ0v) is 16.1. The van der Waals surface area contributed by atoms with Crippen LogP contribution in [0, 0.1) is 5.92 Å². The Morgan fingerprint density at radius 2 is 1.78 bits per heavy atom. The van der Waals surface area contributed by atoms with Gasteiger partial charge in [-0.25, -0.2) is 8.42 Å². The molecule has 3 rings (SSSR count). The van der Waals surface area contributed by atoms with E-state index in [9.17, 15) is 18.0 Å². The van der Waals surface area contributed by atoms with Gasteiger partial charge in [0.2, 0.25) is 15.9 Å². The van der Waals surface area contributed by atoms with E-state index in [1.165, 1.54) is 4.31 Å². The molecular weight excluding hydrogens is 368 g/mol. The molecule has 0 bridgehead atoms. The molecule has 1 N–H and O–H groups in total. The molecule has 8 heteroatoms. The number of carboxylic acids is 1. The van der Waals surface area contributed by atoms with Gasteiger partial charge in [-0.05, 0) is 50.2 Å². The first-order chi connectivity index (χ1) is 12.9. The fraction of sp³-hybridized carbons (Fsp3) is 0.579. The number of nitrogens with zero attached hydrogens (tertiary/aromatic N) is 2. The van der Waals surface area contributed by atoms with Gasteiger partial charge in [0.1, 0.15) is 6.04 Å². The first kappa shape index (κ1) is 19.8. The molecule has 148 valence electrons. The van der Waals surface area contributed by atoms with Crippen molar-refractivity contribution in [2.24, 2.45) is 5.92 Å². The van der Waals surface area contributed by atoms with Gasteiger partial charge in [0.05, 0.1) is 4.90 Å². The number of hydrogen-bond acceptors (Lipinski definition) is 4. The van der Waals surface area contributed by atoms with E-state index in [4.69, 9.17) is 5.11 Å². The van der Waals surface area contributed by atoms with Gasteiger partial charge < -0.3 is 10.0 Å². The van der Waals surface area contributed by atoms with Gasteiger partial charge in [0.25, 0.3) is 0 Å². The van der Waals surface area contributed by atoms with Crippen molar-refractivity contribution in [3.05, 3.63) is 30.3 Å². The van der Waals surface area contributed by atoms with Crippen LogP contribution < -0.4 is 0 Å². The molecule has 2 atom stereocenters. The molecule has 1 aromatic carbocycles. The number of rotatable bonds is 6. The highest BCUT2D eigenvalue weighted by Gasteiger charge is 2.41. The van der Waals surface area contributed by atoms with E-state index in [2.05, 4.69) is 0 Å². The van der Waals surface area contributed by atoms with Gasteiger partial charge in [0, 0.05) is 26.1 Å².